The van der Waals surface area contributed by atoms with Crippen LogP contribution in [0.25, 0.3) is 0 Å². The lowest BCUT2D eigenvalue weighted by Crippen LogP contribution is -2.48. The van der Waals surface area contributed by atoms with Gasteiger partial charge in [0.25, 0.3) is 0 Å². The van der Waals surface area contributed by atoms with Crippen LogP contribution >= 0.6 is 11.6 Å². The fourth-order valence-corrected chi connectivity index (χ4v) is 3.49. The van der Waals surface area contributed by atoms with Crippen LogP contribution < -0.4 is 10.2 Å². The molecule has 0 aliphatic carbocycles. The number of nitrogens with zero attached hydrogens (tertiary/aromatic N) is 2. The standard InChI is InChI=1S/C16H24ClN3/c1-13-10-18-11-14(13)12-19-5-7-20(8-6-19)16-4-2-3-15(17)9-16/h2-4,9,13-14,18H,5-8,10-12H2,1H3. The Hall–Kier alpha value is -0.770. The second-order valence-corrected chi connectivity index (χ2v) is 6.60. The second-order valence-electron chi connectivity index (χ2n) is 6.16. The third kappa shape index (κ3) is 3.27. The molecular formula is C16H24ClN3. The normalized spacial score (nSPS) is 28.0. The van der Waals surface area contributed by atoms with E-state index in [1.54, 1.807) is 0 Å². The molecule has 2 atom stereocenters. The minimum Gasteiger partial charge on any atom is -0.369 e. The summed E-state index contributed by atoms with van der Waals surface area (Å²) in [7, 11) is 0. The van der Waals surface area contributed by atoms with E-state index in [1.165, 1.54) is 25.3 Å². The highest BCUT2D eigenvalue weighted by atomic mass is 35.5. The maximum atomic E-state index is 6.08. The number of anilines is 1. The summed E-state index contributed by atoms with van der Waals surface area (Å²) in [6.45, 7) is 10.5. The van der Waals surface area contributed by atoms with Crippen LogP contribution in [0.3, 0.4) is 0 Å². The molecule has 2 aliphatic heterocycles. The van der Waals surface area contributed by atoms with E-state index in [0.717, 1.165) is 43.0 Å². The minimum absolute atomic E-state index is 0.820. The summed E-state index contributed by atoms with van der Waals surface area (Å²) in [5, 5.41) is 4.33. The van der Waals surface area contributed by atoms with Crippen LogP contribution in [0.1, 0.15) is 6.92 Å². The molecule has 0 aromatic heterocycles. The minimum atomic E-state index is 0.820. The largest absolute Gasteiger partial charge is 0.369 e. The Labute approximate surface area is 126 Å². The molecule has 2 fully saturated rings. The van der Waals surface area contributed by atoms with Crippen molar-refractivity contribution < 1.29 is 0 Å². The summed E-state index contributed by atoms with van der Waals surface area (Å²) in [4.78, 5) is 5.06. The molecule has 1 N–H and O–H groups in total. The highest BCUT2D eigenvalue weighted by Gasteiger charge is 2.26. The number of benzene rings is 1. The van der Waals surface area contributed by atoms with E-state index in [2.05, 4.69) is 34.2 Å². The van der Waals surface area contributed by atoms with E-state index in [9.17, 15) is 0 Å². The highest BCUT2D eigenvalue weighted by Crippen LogP contribution is 2.22. The van der Waals surface area contributed by atoms with Gasteiger partial charge in [0, 0.05) is 43.4 Å². The van der Waals surface area contributed by atoms with Crippen molar-refractivity contribution in [1.29, 1.82) is 0 Å². The van der Waals surface area contributed by atoms with E-state index >= 15 is 0 Å². The fraction of sp³-hybridized carbons (Fsp3) is 0.625. The lowest BCUT2D eigenvalue weighted by molar-refractivity contribution is 0.208. The number of hydrogen-bond acceptors (Lipinski definition) is 3. The first-order valence-electron chi connectivity index (χ1n) is 7.66. The van der Waals surface area contributed by atoms with Crippen LogP contribution in [-0.2, 0) is 0 Å². The zero-order valence-corrected chi connectivity index (χ0v) is 12.9. The van der Waals surface area contributed by atoms with Crippen LogP contribution in [0.5, 0.6) is 0 Å². The predicted molar refractivity (Wildman–Crippen MR) is 85.6 cm³/mol. The SMILES string of the molecule is CC1CNCC1CN1CCN(c2cccc(Cl)c2)CC1. The first-order chi connectivity index (χ1) is 9.72. The second kappa shape index (κ2) is 6.33. The zero-order valence-electron chi connectivity index (χ0n) is 12.2. The van der Waals surface area contributed by atoms with Gasteiger partial charge in [-0.2, -0.15) is 0 Å². The third-order valence-electron chi connectivity index (χ3n) is 4.72. The van der Waals surface area contributed by atoms with Crippen molar-refractivity contribution in [3.05, 3.63) is 29.3 Å². The summed E-state index contributed by atoms with van der Waals surface area (Å²) in [6.07, 6.45) is 0. The van der Waals surface area contributed by atoms with Crippen LogP contribution in [0.15, 0.2) is 24.3 Å². The van der Waals surface area contributed by atoms with Gasteiger partial charge in [0.1, 0.15) is 0 Å². The predicted octanol–water partition coefficient (Wildman–Crippen LogP) is 2.32. The molecule has 0 radical (unpaired) electrons. The monoisotopic (exact) mass is 293 g/mol. The molecular weight excluding hydrogens is 270 g/mol. The van der Waals surface area contributed by atoms with Crippen LogP contribution in [0, 0.1) is 11.8 Å². The summed E-state index contributed by atoms with van der Waals surface area (Å²) < 4.78 is 0. The van der Waals surface area contributed by atoms with Gasteiger partial charge in [0.15, 0.2) is 0 Å². The third-order valence-corrected chi connectivity index (χ3v) is 4.95. The summed E-state index contributed by atoms with van der Waals surface area (Å²) in [5.41, 5.74) is 1.26. The van der Waals surface area contributed by atoms with Gasteiger partial charge >= 0.3 is 0 Å². The molecule has 2 unspecified atom stereocenters. The Morgan fingerprint density at radius 2 is 2.00 bits per heavy atom. The van der Waals surface area contributed by atoms with E-state index in [-0.39, 0.29) is 0 Å². The molecule has 3 rings (SSSR count). The molecule has 0 amide bonds. The van der Waals surface area contributed by atoms with Gasteiger partial charge in [0.2, 0.25) is 0 Å². The Kier molecular flexibility index (Phi) is 4.49. The lowest BCUT2D eigenvalue weighted by Gasteiger charge is -2.37. The van der Waals surface area contributed by atoms with Crippen LogP contribution in [0.4, 0.5) is 5.69 Å². The average Bonchev–Trinajstić information content (AvgIpc) is 2.85. The molecule has 0 saturated carbocycles. The molecule has 2 saturated heterocycles. The maximum absolute atomic E-state index is 6.08. The number of halogens is 1. The molecule has 1 aromatic rings. The molecule has 1 aromatic carbocycles. The van der Waals surface area contributed by atoms with E-state index in [1.807, 2.05) is 12.1 Å². The van der Waals surface area contributed by atoms with Gasteiger partial charge in [0.05, 0.1) is 0 Å². The molecule has 0 bridgehead atoms. The van der Waals surface area contributed by atoms with E-state index in [0.29, 0.717) is 0 Å². The van der Waals surface area contributed by atoms with E-state index in [4.69, 9.17) is 11.6 Å². The molecule has 0 spiro atoms. The van der Waals surface area contributed by atoms with Gasteiger partial charge in [-0.25, -0.2) is 0 Å². The van der Waals surface area contributed by atoms with Crippen molar-refractivity contribution in [3.63, 3.8) is 0 Å². The Bertz CT molecular complexity index is 443. The van der Waals surface area contributed by atoms with Crippen molar-refractivity contribution in [2.24, 2.45) is 11.8 Å². The Morgan fingerprint density at radius 1 is 1.20 bits per heavy atom. The number of piperazine rings is 1. The number of hydrogen-bond donors (Lipinski definition) is 1. The van der Waals surface area contributed by atoms with E-state index < -0.39 is 0 Å². The van der Waals surface area contributed by atoms with Crippen molar-refractivity contribution in [2.75, 3.05) is 50.7 Å². The van der Waals surface area contributed by atoms with Gasteiger partial charge in [-0.05, 0) is 43.1 Å². The quantitative estimate of drug-likeness (QED) is 0.923. The van der Waals surface area contributed by atoms with Gasteiger partial charge in [-0.15, -0.1) is 0 Å². The number of nitrogens with one attached hydrogen (secondary N) is 1. The van der Waals surface area contributed by atoms with Crippen LogP contribution in [0.2, 0.25) is 5.02 Å². The van der Waals surface area contributed by atoms with Gasteiger partial charge in [-0.1, -0.05) is 24.6 Å². The molecule has 110 valence electrons. The average molecular weight is 294 g/mol. The highest BCUT2D eigenvalue weighted by molar-refractivity contribution is 6.30. The Balaban J connectivity index is 1.52. The van der Waals surface area contributed by atoms with Crippen molar-refractivity contribution in [3.8, 4) is 0 Å². The van der Waals surface area contributed by atoms with Crippen molar-refractivity contribution in [1.82, 2.24) is 10.2 Å². The maximum Gasteiger partial charge on any atom is 0.0426 e. The summed E-state index contributed by atoms with van der Waals surface area (Å²) >= 11 is 6.08. The summed E-state index contributed by atoms with van der Waals surface area (Å²) in [5.74, 6) is 1.65. The summed E-state index contributed by atoms with van der Waals surface area (Å²) in [6, 6.07) is 8.20. The van der Waals surface area contributed by atoms with Crippen LogP contribution in [-0.4, -0.2) is 50.7 Å². The van der Waals surface area contributed by atoms with Crippen molar-refractivity contribution in [2.45, 2.75) is 6.92 Å². The van der Waals surface area contributed by atoms with Gasteiger partial charge < -0.3 is 10.2 Å². The Morgan fingerprint density at radius 3 is 2.65 bits per heavy atom. The number of rotatable bonds is 3. The topological polar surface area (TPSA) is 18.5 Å². The molecule has 20 heavy (non-hydrogen) atoms. The molecule has 2 heterocycles. The fourth-order valence-electron chi connectivity index (χ4n) is 3.30. The molecule has 3 nitrogen and oxygen atoms in total. The van der Waals surface area contributed by atoms with Crippen molar-refractivity contribution >= 4 is 17.3 Å². The van der Waals surface area contributed by atoms with Gasteiger partial charge in [-0.3, -0.25) is 4.90 Å². The lowest BCUT2D eigenvalue weighted by atomic mass is 9.97. The molecule has 4 heteroatoms. The smallest absolute Gasteiger partial charge is 0.0426 e. The molecule has 2 aliphatic rings. The first kappa shape index (κ1) is 14.2. The zero-order chi connectivity index (χ0) is 13.9. The first-order valence-corrected chi connectivity index (χ1v) is 8.04.